The molecule has 18 heavy (non-hydrogen) atoms. The van der Waals surface area contributed by atoms with Crippen molar-refractivity contribution < 1.29 is 4.74 Å². The van der Waals surface area contributed by atoms with E-state index in [1.165, 1.54) is 0 Å². The van der Waals surface area contributed by atoms with Gasteiger partial charge in [0.15, 0.2) is 0 Å². The van der Waals surface area contributed by atoms with E-state index >= 15 is 0 Å². The second-order valence-corrected chi connectivity index (χ2v) is 5.74. The summed E-state index contributed by atoms with van der Waals surface area (Å²) in [6.07, 6.45) is 0.00406. The molecule has 0 radical (unpaired) electrons. The first-order chi connectivity index (χ1) is 8.51. The minimum Gasteiger partial charge on any atom is -0.461 e. The number of thioether (sulfide) groups is 1. The monoisotopic (exact) mass is 290 g/mol. The fraction of sp³-hybridized carbons (Fsp3) is 0.727. The third kappa shape index (κ3) is 5.73. The highest BCUT2D eigenvalue weighted by Crippen LogP contribution is 2.14. The third-order valence-corrected chi connectivity index (χ3v) is 3.19. The molecule has 0 aliphatic rings. The summed E-state index contributed by atoms with van der Waals surface area (Å²) in [6, 6.07) is 0.517. The van der Waals surface area contributed by atoms with Crippen LogP contribution in [0.15, 0.2) is 0 Å². The van der Waals surface area contributed by atoms with Crippen LogP contribution in [-0.2, 0) is 0 Å². The lowest BCUT2D eigenvalue weighted by Crippen LogP contribution is -2.20. The van der Waals surface area contributed by atoms with E-state index < -0.39 is 0 Å². The van der Waals surface area contributed by atoms with Crippen LogP contribution in [0, 0.1) is 0 Å². The molecule has 0 spiro atoms. The molecular formula is C11H19ClN4OS. The lowest BCUT2D eigenvalue weighted by atomic mass is 10.4. The van der Waals surface area contributed by atoms with Gasteiger partial charge in [-0.3, -0.25) is 0 Å². The van der Waals surface area contributed by atoms with Crippen LogP contribution in [0.25, 0.3) is 0 Å². The number of aromatic nitrogens is 3. The van der Waals surface area contributed by atoms with Crippen molar-refractivity contribution in [3.63, 3.8) is 0 Å². The van der Waals surface area contributed by atoms with Crippen LogP contribution < -0.4 is 10.1 Å². The van der Waals surface area contributed by atoms with Gasteiger partial charge in [0, 0.05) is 11.8 Å². The van der Waals surface area contributed by atoms with E-state index in [1.54, 1.807) is 0 Å². The Bertz CT molecular complexity index is 378. The highest BCUT2D eigenvalue weighted by molar-refractivity contribution is 7.99. The van der Waals surface area contributed by atoms with Gasteiger partial charge in [0.1, 0.15) is 0 Å². The minimum absolute atomic E-state index is 0.00406. The molecule has 1 N–H and O–H groups in total. The molecule has 0 fully saturated rings. The first-order valence-corrected chi connectivity index (χ1v) is 7.47. The second-order valence-electron chi connectivity index (χ2n) is 4.08. The summed E-state index contributed by atoms with van der Waals surface area (Å²) in [7, 11) is 0. The van der Waals surface area contributed by atoms with E-state index in [9.17, 15) is 0 Å². The van der Waals surface area contributed by atoms with Crippen LogP contribution in [0.3, 0.4) is 0 Å². The van der Waals surface area contributed by atoms with Crippen LogP contribution >= 0.6 is 23.4 Å². The van der Waals surface area contributed by atoms with Crippen molar-refractivity contribution in [3.05, 3.63) is 5.28 Å². The van der Waals surface area contributed by atoms with Gasteiger partial charge in [-0.05, 0) is 38.1 Å². The predicted octanol–water partition coefficient (Wildman–Crippen LogP) is 2.87. The van der Waals surface area contributed by atoms with E-state index in [0.29, 0.717) is 5.95 Å². The Labute approximate surface area is 117 Å². The first kappa shape index (κ1) is 15.3. The third-order valence-electron chi connectivity index (χ3n) is 1.88. The number of nitrogens with one attached hydrogen (secondary N) is 1. The minimum atomic E-state index is 0.00406. The number of ether oxygens (including phenoxy) is 1. The van der Waals surface area contributed by atoms with Crippen molar-refractivity contribution in [1.82, 2.24) is 15.0 Å². The van der Waals surface area contributed by atoms with Crippen LogP contribution in [0.5, 0.6) is 6.01 Å². The van der Waals surface area contributed by atoms with Crippen molar-refractivity contribution in [3.8, 4) is 6.01 Å². The van der Waals surface area contributed by atoms with Gasteiger partial charge in [0.25, 0.3) is 0 Å². The zero-order chi connectivity index (χ0) is 13.5. The van der Waals surface area contributed by atoms with Gasteiger partial charge in [0.2, 0.25) is 11.2 Å². The van der Waals surface area contributed by atoms with Gasteiger partial charge in [0.05, 0.1) is 6.10 Å². The van der Waals surface area contributed by atoms with Gasteiger partial charge in [-0.25, -0.2) is 0 Å². The maximum atomic E-state index is 5.83. The number of hydrogen-bond donors (Lipinski definition) is 1. The number of nitrogens with zero attached hydrogens (tertiary/aromatic N) is 3. The van der Waals surface area contributed by atoms with Crippen molar-refractivity contribution in [2.45, 2.75) is 39.8 Å². The van der Waals surface area contributed by atoms with Gasteiger partial charge < -0.3 is 10.1 Å². The standard InChI is InChI=1S/C11H19ClN4OS/c1-5-18-6-8(4)13-10-14-9(12)15-11(16-10)17-7(2)3/h7-8H,5-6H2,1-4H3,(H,13,14,15,16). The highest BCUT2D eigenvalue weighted by Gasteiger charge is 2.10. The quantitative estimate of drug-likeness (QED) is 0.833. The SMILES string of the molecule is CCSCC(C)Nc1nc(Cl)nc(OC(C)C)n1. The molecule has 1 aromatic rings. The van der Waals surface area contributed by atoms with Gasteiger partial charge >= 0.3 is 6.01 Å². The molecule has 1 unspecified atom stereocenters. The second kappa shape index (κ2) is 7.63. The first-order valence-electron chi connectivity index (χ1n) is 5.93. The number of anilines is 1. The van der Waals surface area contributed by atoms with Crippen LogP contribution in [-0.4, -0.2) is 38.6 Å². The maximum absolute atomic E-state index is 5.83. The van der Waals surface area contributed by atoms with E-state index in [-0.39, 0.29) is 23.4 Å². The molecule has 7 heteroatoms. The van der Waals surface area contributed by atoms with Gasteiger partial charge in [-0.1, -0.05) is 6.92 Å². The molecular weight excluding hydrogens is 272 g/mol. The fourth-order valence-corrected chi connectivity index (χ4v) is 2.04. The van der Waals surface area contributed by atoms with Crippen LogP contribution in [0.4, 0.5) is 5.95 Å². The summed E-state index contributed by atoms with van der Waals surface area (Å²) in [6.45, 7) is 8.02. The molecule has 1 heterocycles. The lowest BCUT2D eigenvalue weighted by molar-refractivity contribution is 0.222. The summed E-state index contributed by atoms with van der Waals surface area (Å²) < 4.78 is 5.41. The summed E-state index contributed by atoms with van der Waals surface area (Å²) >= 11 is 7.69. The molecule has 0 bridgehead atoms. The van der Waals surface area contributed by atoms with E-state index in [1.807, 2.05) is 25.6 Å². The summed E-state index contributed by atoms with van der Waals surface area (Å²) in [5.41, 5.74) is 0. The van der Waals surface area contributed by atoms with E-state index in [0.717, 1.165) is 11.5 Å². The Hall–Kier alpha value is -0.750. The highest BCUT2D eigenvalue weighted by atomic mass is 35.5. The number of halogens is 1. The number of hydrogen-bond acceptors (Lipinski definition) is 6. The Morgan fingerprint density at radius 1 is 1.28 bits per heavy atom. The summed E-state index contributed by atoms with van der Waals surface area (Å²) in [5, 5.41) is 3.32. The normalized spacial score (nSPS) is 12.6. The number of rotatable bonds is 7. The average molecular weight is 291 g/mol. The smallest absolute Gasteiger partial charge is 0.322 e. The zero-order valence-electron chi connectivity index (χ0n) is 11.1. The summed E-state index contributed by atoms with van der Waals surface area (Å²) in [5.74, 6) is 2.53. The Morgan fingerprint density at radius 3 is 2.61 bits per heavy atom. The molecule has 0 aliphatic heterocycles. The molecule has 1 atom stereocenters. The van der Waals surface area contributed by atoms with Crippen LogP contribution in [0.1, 0.15) is 27.7 Å². The van der Waals surface area contributed by atoms with Gasteiger partial charge in [-0.15, -0.1) is 0 Å². The summed E-state index contributed by atoms with van der Waals surface area (Å²) in [4.78, 5) is 12.1. The molecule has 0 amide bonds. The molecule has 1 aromatic heterocycles. The van der Waals surface area contributed by atoms with Gasteiger partial charge in [-0.2, -0.15) is 26.7 Å². The molecule has 0 saturated heterocycles. The average Bonchev–Trinajstić information content (AvgIpc) is 2.24. The Balaban J connectivity index is 2.67. The van der Waals surface area contributed by atoms with Crippen molar-refractivity contribution in [2.24, 2.45) is 0 Å². The zero-order valence-corrected chi connectivity index (χ0v) is 12.7. The Kier molecular flexibility index (Phi) is 6.49. The fourth-order valence-electron chi connectivity index (χ4n) is 1.22. The molecule has 0 aliphatic carbocycles. The van der Waals surface area contributed by atoms with Crippen molar-refractivity contribution in [2.75, 3.05) is 16.8 Å². The Morgan fingerprint density at radius 2 is 2.00 bits per heavy atom. The van der Waals surface area contributed by atoms with Crippen molar-refractivity contribution in [1.29, 1.82) is 0 Å². The molecule has 0 saturated carbocycles. The lowest BCUT2D eigenvalue weighted by Gasteiger charge is -2.14. The largest absolute Gasteiger partial charge is 0.461 e. The molecule has 0 aromatic carbocycles. The van der Waals surface area contributed by atoms with Crippen molar-refractivity contribution >= 4 is 29.3 Å². The maximum Gasteiger partial charge on any atom is 0.322 e. The van der Waals surface area contributed by atoms with E-state index in [2.05, 4.69) is 34.1 Å². The van der Waals surface area contributed by atoms with E-state index in [4.69, 9.17) is 16.3 Å². The molecule has 5 nitrogen and oxygen atoms in total. The molecule has 102 valence electrons. The topological polar surface area (TPSA) is 59.9 Å². The van der Waals surface area contributed by atoms with Crippen LogP contribution in [0.2, 0.25) is 5.28 Å². The molecule has 1 rings (SSSR count). The predicted molar refractivity (Wildman–Crippen MR) is 76.7 cm³/mol.